The van der Waals surface area contributed by atoms with Crippen LogP contribution in [-0.4, -0.2) is 25.7 Å². The molecule has 1 aromatic heterocycles. The maximum Gasteiger partial charge on any atom is 0.283 e. The summed E-state index contributed by atoms with van der Waals surface area (Å²) in [7, 11) is -2.37. The predicted octanol–water partition coefficient (Wildman–Crippen LogP) is 2.28. The molecule has 3 rings (SSSR count). The molecule has 0 radical (unpaired) electrons. The molecule has 2 aromatic carbocycles. The summed E-state index contributed by atoms with van der Waals surface area (Å²) in [5.74, 6) is 0.667. The van der Waals surface area contributed by atoms with Gasteiger partial charge in [0, 0.05) is 5.56 Å². The van der Waals surface area contributed by atoms with E-state index in [1.807, 2.05) is 0 Å². The quantitative estimate of drug-likeness (QED) is 0.786. The van der Waals surface area contributed by atoms with Crippen LogP contribution < -0.4 is 10.3 Å². The highest BCUT2D eigenvalue weighted by Gasteiger charge is 2.22. The molecule has 0 saturated heterocycles. The summed E-state index contributed by atoms with van der Waals surface area (Å²) in [6.45, 7) is 0. The Morgan fingerprint density at radius 2 is 1.67 bits per heavy atom. The Hall–Kier alpha value is -2.93. The molecule has 0 saturated carbocycles. The van der Waals surface area contributed by atoms with E-state index in [-0.39, 0.29) is 9.79 Å². The van der Waals surface area contributed by atoms with Gasteiger partial charge in [0.2, 0.25) is 9.84 Å². The molecule has 3 aromatic rings. The van der Waals surface area contributed by atoms with Crippen LogP contribution in [-0.2, 0) is 9.84 Å². The second-order valence-corrected chi connectivity index (χ2v) is 6.91. The topological polar surface area (TPSA) is 89.1 Å². The number of hydrogen-bond donors (Lipinski definition) is 1. The molecule has 0 spiro atoms. The standard InChI is InChI=1S/C17H14N2O4S/c1-23-13-9-7-12(8-10-13)15-11-16(17(20)19-18-15)24(21,22)14-5-3-2-4-6-14/h2-11H,1H3,(H,19,20). The first kappa shape index (κ1) is 15.9. The summed E-state index contributed by atoms with van der Waals surface area (Å²) >= 11 is 0. The van der Waals surface area contributed by atoms with E-state index in [4.69, 9.17) is 4.74 Å². The molecule has 0 amide bonds. The third kappa shape index (κ3) is 2.93. The van der Waals surface area contributed by atoms with Gasteiger partial charge in [0.25, 0.3) is 5.56 Å². The van der Waals surface area contributed by atoms with Crippen LogP contribution in [0.15, 0.2) is 75.2 Å². The molecular formula is C17H14N2O4S. The van der Waals surface area contributed by atoms with Gasteiger partial charge in [0.1, 0.15) is 10.6 Å². The molecule has 0 aliphatic rings. The van der Waals surface area contributed by atoms with Crippen LogP contribution in [0.2, 0.25) is 0 Å². The van der Waals surface area contributed by atoms with Crippen molar-refractivity contribution < 1.29 is 13.2 Å². The maximum absolute atomic E-state index is 12.7. The van der Waals surface area contributed by atoms with Gasteiger partial charge in [-0.3, -0.25) is 4.79 Å². The van der Waals surface area contributed by atoms with E-state index in [1.165, 1.54) is 18.2 Å². The molecule has 1 heterocycles. The number of nitrogens with one attached hydrogen (secondary N) is 1. The first-order valence-corrected chi connectivity index (χ1v) is 8.55. The summed E-state index contributed by atoms with van der Waals surface area (Å²) in [6.07, 6.45) is 0. The van der Waals surface area contributed by atoms with E-state index >= 15 is 0 Å². The average Bonchev–Trinajstić information content (AvgIpc) is 2.63. The minimum absolute atomic E-state index is 0.0578. The van der Waals surface area contributed by atoms with Gasteiger partial charge in [-0.2, -0.15) is 5.10 Å². The minimum atomic E-state index is -3.92. The van der Waals surface area contributed by atoms with Crippen molar-refractivity contribution >= 4 is 9.84 Å². The Morgan fingerprint density at radius 1 is 1.00 bits per heavy atom. The SMILES string of the molecule is COc1ccc(-c2cc(S(=O)(=O)c3ccccc3)c(=O)[nH]n2)cc1. The van der Waals surface area contributed by atoms with Crippen molar-refractivity contribution in [2.24, 2.45) is 0 Å². The van der Waals surface area contributed by atoms with E-state index in [0.717, 1.165) is 0 Å². The molecule has 7 heteroatoms. The van der Waals surface area contributed by atoms with Crippen molar-refractivity contribution in [3.05, 3.63) is 71.0 Å². The Balaban J connectivity index is 2.11. The van der Waals surface area contributed by atoms with Crippen molar-refractivity contribution in [2.45, 2.75) is 9.79 Å². The number of hydrogen-bond acceptors (Lipinski definition) is 5. The molecule has 24 heavy (non-hydrogen) atoms. The van der Waals surface area contributed by atoms with Gasteiger partial charge in [-0.05, 0) is 42.5 Å². The van der Waals surface area contributed by atoms with E-state index in [0.29, 0.717) is 17.0 Å². The van der Waals surface area contributed by atoms with Gasteiger partial charge in [-0.1, -0.05) is 18.2 Å². The lowest BCUT2D eigenvalue weighted by atomic mass is 10.1. The number of benzene rings is 2. The largest absolute Gasteiger partial charge is 0.497 e. The zero-order valence-corrected chi connectivity index (χ0v) is 13.6. The maximum atomic E-state index is 12.7. The number of nitrogens with zero attached hydrogens (tertiary/aromatic N) is 1. The number of H-pyrrole nitrogens is 1. The molecule has 0 bridgehead atoms. The van der Waals surface area contributed by atoms with Crippen LogP contribution in [0.4, 0.5) is 0 Å². The first-order valence-electron chi connectivity index (χ1n) is 7.06. The predicted molar refractivity (Wildman–Crippen MR) is 88.7 cm³/mol. The van der Waals surface area contributed by atoms with Crippen LogP contribution >= 0.6 is 0 Å². The van der Waals surface area contributed by atoms with Gasteiger partial charge in [0.15, 0.2) is 0 Å². The Kier molecular flexibility index (Phi) is 4.18. The zero-order valence-electron chi connectivity index (χ0n) is 12.8. The van der Waals surface area contributed by atoms with Crippen LogP contribution in [0.25, 0.3) is 11.3 Å². The molecule has 0 fully saturated rings. The fourth-order valence-corrected chi connectivity index (χ4v) is 3.55. The number of aromatic nitrogens is 2. The van der Waals surface area contributed by atoms with Crippen molar-refractivity contribution in [3.63, 3.8) is 0 Å². The van der Waals surface area contributed by atoms with E-state index in [9.17, 15) is 13.2 Å². The summed E-state index contributed by atoms with van der Waals surface area (Å²) in [6, 6.07) is 16.0. The molecule has 0 atom stereocenters. The molecular weight excluding hydrogens is 328 g/mol. The monoisotopic (exact) mass is 342 g/mol. The summed E-state index contributed by atoms with van der Waals surface area (Å²) in [5.41, 5.74) is 0.263. The second-order valence-electron chi connectivity index (χ2n) is 4.99. The summed E-state index contributed by atoms with van der Waals surface area (Å²) in [4.78, 5) is 11.7. The number of aromatic amines is 1. The van der Waals surface area contributed by atoms with Crippen molar-refractivity contribution in [3.8, 4) is 17.0 Å². The first-order chi connectivity index (χ1) is 11.5. The van der Waals surface area contributed by atoms with Crippen molar-refractivity contribution in [1.29, 1.82) is 0 Å². The number of rotatable bonds is 4. The van der Waals surface area contributed by atoms with Crippen LogP contribution in [0, 0.1) is 0 Å². The molecule has 0 aliphatic heterocycles. The van der Waals surface area contributed by atoms with Gasteiger partial charge in [0.05, 0.1) is 17.7 Å². The summed E-state index contributed by atoms with van der Waals surface area (Å²) < 4.78 is 30.4. The van der Waals surface area contributed by atoms with Crippen LogP contribution in [0.5, 0.6) is 5.75 Å². The van der Waals surface area contributed by atoms with Crippen molar-refractivity contribution in [2.75, 3.05) is 7.11 Å². The van der Waals surface area contributed by atoms with Gasteiger partial charge in [-0.25, -0.2) is 13.5 Å². The highest BCUT2D eigenvalue weighted by Crippen LogP contribution is 2.23. The zero-order chi connectivity index (χ0) is 17.2. The number of methoxy groups -OCH3 is 1. The number of sulfone groups is 1. The van der Waals surface area contributed by atoms with Gasteiger partial charge < -0.3 is 4.74 Å². The van der Waals surface area contributed by atoms with Crippen molar-refractivity contribution in [1.82, 2.24) is 10.2 Å². The highest BCUT2D eigenvalue weighted by molar-refractivity contribution is 7.91. The normalized spacial score (nSPS) is 11.2. The molecule has 0 unspecified atom stereocenters. The Labute approximate surface area is 138 Å². The third-order valence-electron chi connectivity index (χ3n) is 3.50. The lowest BCUT2D eigenvalue weighted by Gasteiger charge is -2.06. The fraction of sp³-hybridized carbons (Fsp3) is 0.0588. The van der Waals surface area contributed by atoms with E-state index < -0.39 is 15.4 Å². The molecule has 0 aliphatic carbocycles. The average molecular weight is 342 g/mol. The van der Waals surface area contributed by atoms with E-state index in [1.54, 1.807) is 49.6 Å². The van der Waals surface area contributed by atoms with Gasteiger partial charge >= 0.3 is 0 Å². The number of ether oxygens (including phenoxy) is 1. The lowest BCUT2D eigenvalue weighted by Crippen LogP contribution is -2.19. The summed E-state index contributed by atoms with van der Waals surface area (Å²) in [5, 5.41) is 6.18. The minimum Gasteiger partial charge on any atom is -0.497 e. The second kappa shape index (κ2) is 6.29. The highest BCUT2D eigenvalue weighted by atomic mass is 32.2. The Bertz CT molecular complexity index is 1010. The lowest BCUT2D eigenvalue weighted by molar-refractivity contribution is 0.415. The fourth-order valence-electron chi connectivity index (χ4n) is 2.22. The van der Waals surface area contributed by atoms with E-state index in [2.05, 4.69) is 10.2 Å². The van der Waals surface area contributed by atoms with Crippen LogP contribution in [0.3, 0.4) is 0 Å². The smallest absolute Gasteiger partial charge is 0.283 e. The molecule has 122 valence electrons. The van der Waals surface area contributed by atoms with Gasteiger partial charge in [-0.15, -0.1) is 0 Å². The molecule has 1 N–H and O–H groups in total. The molecule has 6 nitrogen and oxygen atoms in total. The third-order valence-corrected chi connectivity index (χ3v) is 5.27. The van der Waals surface area contributed by atoms with Crippen LogP contribution in [0.1, 0.15) is 0 Å². The Morgan fingerprint density at radius 3 is 2.29 bits per heavy atom.